The van der Waals surface area contributed by atoms with Crippen LogP contribution in [0.2, 0.25) is 0 Å². The molecule has 0 fully saturated rings. The molecule has 1 aliphatic heterocycles. The molecule has 0 amide bonds. The van der Waals surface area contributed by atoms with Gasteiger partial charge in [-0.05, 0) is 51.0 Å². The Bertz CT molecular complexity index is 1350. The number of hydrogen-bond acceptors (Lipinski definition) is 3. The molecular formula is C26H23OPS2. The second kappa shape index (κ2) is 7.20. The number of benzene rings is 2. The molecule has 1 atom stereocenters. The highest BCUT2D eigenvalue weighted by Gasteiger charge is 2.44. The molecule has 150 valence electrons. The van der Waals surface area contributed by atoms with E-state index in [2.05, 4.69) is 58.0 Å². The summed E-state index contributed by atoms with van der Waals surface area (Å²) in [7, 11) is -3.00. The monoisotopic (exact) mass is 446 g/mol. The van der Waals surface area contributed by atoms with Gasteiger partial charge in [-0.2, -0.15) is 0 Å². The minimum atomic E-state index is -3.00. The molecule has 0 unspecified atom stereocenters. The molecule has 0 bridgehead atoms. The number of aryl methyl sites for hydroxylation is 4. The van der Waals surface area contributed by atoms with Crippen molar-refractivity contribution in [2.75, 3.05) is 0 Å². The van der Waals surface area contributed by atoms with E-state index in [1.165, 1.54) is 25.1 Å². The molecule has 4 heteroatoms. The van der Waals surface area contributed by atoms with Gasteiger partial charge in [-0.1, -0.05) is 54.6 Å². The Morgan fingerprint density at radius 3 is 1.83 bits per heavy atom. The highest BCUT2D eigenvalue weighted by atomic mass is 32.1. The van der Waals surface area contributed by atoms with Crippen molar-refractivity contribution >= 4 is 51.3 Å². The molecule has 5 rings (SSSR count). The van der Waals surface area contributed by atoms with Crippen LogP contribution in [0, 0.1) is 27.7 Å². The van der Waals surface area contributed by atoms with Crippen LogP contribution in [0.15, 0.2) is 66.7 Å². The summed E-state index contributed by atoms with van der Waals surface area (Å²) in [5.41, 5.74) is 4.63. The van der Waals surface area contributed by atoms with Crippen LogP contribution in [-0.4, -0.2) is 0 Å². The lowest BCUT2D eigenvalue weighted by Crippen LogP contribution is -2.15. The molecule has 3 heterocycles. The summed E-state index contributed by atoms with van der Waals surface area (Å²) in [4.78, 5) is 5.05. The quantitative estimate of drug-likeness (QED) is 0.302. The number of fused-ring (bicyclic) bond motifs is 1. The maximum atomic E-state index is 15.2. The Balaban J connectivity index is 1.97. The van der Waals surface area contributed by atoms with Gasteiger partial charge < -0.3 is 4.57 Å². The summed E-state index contributed by atoms with van der Waals surface area (Å²) < 4.78 is 15.2. The average molecular weight is 447 g/mol. The van der Waals surface area contributed by atoms with E-state index >= 15 is 4.57 Å². The number of hydrogen-bond donors (Lipinski definition) is 0. The van der Waals surface area contributed by atoms with Crippen molar-refractivity contribution in [2.24, 2.45) is 0 Å². The van der Waals surface area contributed by atoms with E-state index in [0.717, 1.165) is 32.6 Å². The van der Waals surface area contributed by atoms with E-state index in [9.17, 15) is 0 Å². The van der Waals surface area contributed by atoms with E-state index in [1.54, 1.807) is 11.3 Å². The van der Waals surface area contributed by atoms with E-state index in [-0.39, 0.29) is 0 Å². The van der Waals surface area contributed by atoms with Gasteiger partial charge in [0.25, 0.3) is 0 Å². The summed E-state index contributed by atoms with van der Waals surface area (Å²) in [6.45, 7) is 8.62. The molecule has 30 heavy (non-hydrogen) atoms. The number of rotatable bonds is 3. The molecule has 0 saturated heterocycles. The minimum Gasteiger partial charge on any atom is -0.309 e. The van der Waals surface area contributed by atoms with Crippen LogP contribution in [-0.2, 0) is 4.57 Å². The third-order valence-electron chi connectivity index (χ3n) is 5.79. The Labute approximate surface area is 186 Å². The zero-order chi connectivity index (χ0) is 21.0. The first-order valence-electron chi connectivity index (χ1n) is 10.1. The molecule has 1 aliphatic rings. The normalized spacial score (nSPS) is 18.1. The lowest BCUT2D eigenvalue weighted by atomic mass is 9.96. The fraction of sp³-hybridized carbons (Fsp3) is 0.154. The third-order valence-corrected chi connectivity index (χ3v) is 10.9. The molecule has 0 spiro atoms. The molecule has 4 aromatic rings. The Kier molecular flexibility index (Phi) is 4.74. The molecule has 0 aliphatic carbocycles. The van der Waals surface area contributed by atoms with Gasteiger partial charge in [0.05, 0.1) is 0 Å². The summed E-state index contributed by atoms with van der Waals surface area (Å²) in [5, 5.41) is 2.89. The maximum Gasteiger partial charge on any atom is 0.172 e. The van der Waals surface area contributed by atoms with Crippen molar-refractivity contribution < 1.29 is 4.57 Å². The predicted octanol–water partition coefficient (Wildman–Crippen LogP) is 7.29. The van der Waals surface area contributed by atoms with Gasteiger partial charge in [0.1, 0.15) is 0 Å². The summed E-state index contributed by atoms with van der Waals surface area (Å²) >= 11 is 3.60. The maximum absolute atomic E-state index is 15.2. The van der Waals surface area contributed by atoms with E-state index < -0.39 is 7.14 Å². The van der Waals surface area contributed by atoms with Crippen LogP contribution in [0.3, 0.4) is 0 Å². The standard InChI is InChI=1S/C26H23OPS2/c1-16-14-22(18(3)29-16)25-21-12-8-9-13-24(21)28(27,20-10-6-5-7-11-20)26(25)23-15-17(2)30-19(23)4/h5-15H,1-4H3/t28-/m1/s1. The van der Waals surface area contributed by atoms with Crippen molar-refractivity contribution in [3.63, 3.8) is 0 Å². The first-order chi connectivity index (χ1) is 14.4. The molecule has 2 aromatic heterocycles. The van der Waals surface area contributed by atoms with Crippen LogP contribution >= 0.6 is 29.8 Å². The minimum absolute atomic E-state index is 0.912. The second-order valence-electron chi connectivity index (χ2n) is 7.84. The highest BCUT2D eigenvalue weighted by Crippen LogP contribution is 2.66. The van der Waals surface area contributed by atoms with E-state index in [0.29, 0.717) is 0 Å². The topological polar surface area (TPSA) is 17.1 Å². The smallest absolute Gasteiger partial charge is 0.172 e. The van der Waals surface area contributed by atoms with Crippen molar-refractivity contribution in [1.82, 2.24) is 0 Å². The van der Waals surface area contributed by atoms with Gasteiger partial charge in [-0.3, -0.25) is 0 Å². The SMILES string of the molecule is Cc1cc(C2=C(c3cc(C)sc3C)[P@@](=O)(c3ccccc3)c3ccccc32)c(C)s1. The Morgan fingerprint density at radius 2 is 1.23 bits per heavy atom. The van der Waals surface area contributed by atoms with Gasteiger partial charge in [0.2, 0.25) is 0 Å². The first-order valence-corrected chi connectivity index (χ1v) is 13.4. The fourth-order valence-corrected chi connectivity index (χ4v) is 9.85. The molecule has 0 N–H and O–H groups in total. The average Bonchev–Trinajstić information content (AvgIpc) is 3.33. The first kappa shape index (κ1) is 19.8. The fourth-order valence-electron chi connectivity index (χ4n) is 4.59. The Morgan fingerprint density at radius 1 is 0.667 bits per heavy atom. The van der Waals surface area contributed by atoms with Gasteiger partial charge >= 0.3 is 0 Å². The van der Waals surface area contributed by atoms with Crippen LogP contribution < -0.4 is 10.6 Å². The van der Waals surface area contributed by atoms with Crippen LogP contribution in [0.5, 0.6) is 0 Å². The third kappa shape index (κ3) is 2.84. The summed E-state index contributed by atoms with van der Waals surface area (Å²) in [6.07, 6.45) is 0. The molecular weight excluding hydrogens is 423 g/mol. The molecule has 2 aromatic carbocycles. The van der Waals surface area contributed by atoms with Crippen LogP contribution in [0.25, 0.3) is 10.9 Å². The van der Waals surface area contributed by atoms with E-state index in [1.807, 2.05) is 47.7 Å². The van der Waals surface area contributed by atoms with Gasteiger partial charge in [-0.15, -0.1) is 22.7 Å². The van der Waals surface area contributed by atoms with Gasteiger partial charge in [0.15, 0.2) is 7.14 Å². The highest BCUT2D eigenvalue weighted by molar-refractivity contribution is 7.88. The van der Waals surface area contributed by atoms with Crippen molar-refractivity contribution in [2.45, 2.75) is 27.7 Å². The predicted molar refractivity (Wildman–Crippen MR) is 133 cm³/mol. The van der Waals surface area contributed by atoms with Crippen LogP contribution in [0.1, 0.15) is 36.2 Å². The molecule has 0 saturated carbocycles. The van der Waals surface area contributed by atoms with Gasteiger partial charge in [0, 0.05) is 46.6 Å². The van der Waals surface area contributed by atoms with Crippen molar-refractivity contribution in [3.05, 3.63) is 103 Å². The Hall–Kier alpha value is -2.19. The summed E-state index contributed by atoms with van der Waals surface area (Å²) in [6, 6.07) is 22.8. The largest absolute Gasteiger partial charge is 0.309 e. The van der Waals surface area contributed by atoms with Gasteiger partial charge in [-0.25, -0.2) is 0 Å². The lowest BCUT2D eigenvalue weighted by molar-refractivity contribution is 0.593. The lowest BCUT2D eigenvalue weighted by Gasteiger charge is -2.19. The van der Waals surface area contributed by atoms with Crippen molar-refractivity contribution in [1.29, 1.82) is 0 Å². The van der Waals surface area contributed by atoms with Crippen molar-refractivity contribution in [3.8, 4) is 0 Å². The van der Waals surface area contributed by atoms with Crippen LogP contribution in [0.4, 0.5) is 0 Å². The second-order valence-corrected chi connectivity index (χ2v) is 13.4. The summed E-state index contributed by atoms with van der Waals surface area (Å²) in [5.74, 6) is 0. The zero-order valence-electron chi connectivity index (χ0n) is 17.5. The molecule has 0 radical (unpaired) electrons. The molecule has 1 nitrogen and oxygen atoms in total. The number of thiophene rings is 2. The van der Waals surface area contributed by atoms with E-state index in [4.69, 9.17) is 0 Å². The zero-order valence-corrected chi connectivity index (χ0v) is 20.1.